The normalized spacial score (nSPS) is 24.8. The van der Waals surface area contributed by atoms with Crippen molar-refractivity contribution in [3.63, 3.8) is 0 Å². The van der Waals surface area contributed by atoms with Crippen molar-refractivity contribution >= 4 is 11.9 Å². The van der Waals surface area contributed by atoms with E-state index in [0.29, 0.717) is 24.7 Å². The number of rotatable bonds is 7. The third-order valence-electron chi connectivity index (χ3n) is 3.70. The zero-order valence-corrected chi connectivity index (χ0v) is 10.6. The van der Waals surface area contributed by atoms with Crippen LogP contribution in [0.5, 0.6) is 0 Å². The number of hydrogen-bond acceptors (Lipinski definition) is 3. The molecule has 2 rings (SSSR count). The van der Waals surface area contributed by atoms with Gasteiger partial charge in [0.1, 0.15) is 6.04 Å². The van der Waals surface area contributed by atoms with Crippen molar-refractivity contribution in [1.82, 2.24) is 5.32 Å². The quantitative estimate of drug-likeness (QED) is 0.716. The molecule has 1 saturated heterocycles. The van der Waals surface area contributed by atoms with E-state index in [2.05, 4.69) is 5.32 Å². The molecule has 1 amide bonds. The molecule has 2 fully saturated rings. The third-order valence-corrected chi connectivity index (χ3v) is 3.70. The Morgan fingerprint density at radius 2 is 2.06 bits per heavy atom. The van der Waals surface area contributed by atoms with Gasteiger partial charge in [-0.1, -0.05) is 12.8 Å². The Morgan fingerprint density at radius 1 is 1.28 bits per heavy atom. The number of carbonyl (C=O) groups excluding carboxylic acids is 1. The maximum Gasteiger partial charge on any atom is 0.326 e. The molecule has 0 spiro atoms. The zero-order chi connectivity index (χ0) is 13.0. The molecule has 2 N–H and O–H groups in total. The van der Waals surface area contributed by atoms with Gasteiger partial charge in [0.2, 0.25) is 5.91 Å². The molecule has 1 aliphatic carbocycles. The number of hydrogen-bond donors (Lipinski definition) is 2. The number of amides is 1. The van der Waals surface area contributed by atoms with Crippen LogP contribution in [0.4, 0.5) is 0 Å². The van der Waals surface area contributed by atoms with Crippen molar-refractivity contribution in [2.75, 3.05) is 13.2 Å². The first-order valence-corrected chi connectivity index (χ1v) is 6.75. The standard InChI is InChI=1S/C13H21NO4/c15-12(4-3-10-5-6-18-8-10)14-11(13(16)17)7-9-1-2-9/h9-11H,1-8H2,(H,14,15)(H,16,17). The monoisotopic (exact) mass is 255 g/mol. The third kappa shape index (κ3) is 4.29. The number of ether oxygens (including phenoxy) is 1. The van der Waals surface area contributed by atoms with Gasteiger partial charge in [0.05, 0.1) is 0 Å². The van der Waals surface area contributed by atoms with Gasteiger partial charge in [-0.05, 0) is 31.1 Å². The van der Waals surface area contributed by atoms with E-state index in [1.54, 1.807) is 0 Å². The summed E-state index contributed by atoms with van der Waals surface area (Å²) < 4.78 is 5.24. The van der Waals surface area contributed by atoms with Crippen LogP contribution in [0.3, 0.4) is 0 Å². The molecular formula is C13H21NO4. The number of aliphatic carboxylic acids is 1. The van der Waals surface area contributed by atoms with E-state index in [1.165, 1.54) is 0 Å². The highest BCUT2D eigenvalue weighted by molar-refractivity contribution is 5.83. The van der Waals surface area contributed by atoms with E-state index in [1.807, 2.05) is 0 Å². The molecule has 5 nitrogen and oxygen atoms in total. The van der Waals surface area contributed by atoms with Gasteiger partial charge in [0.15, 0.2) is 0 Å². The van der Waals surface area contributed by atoms with Crippen LogP contribution < -0.4 is 5.32 Å². The van der Waals surface area contributed by atoms with Crippen LogP contribution in [0.2, 0.25) is 0 Å². The van der Waals surface area contributed by atoms with Gasteiger partial charge in [0.25, 0.3) is 0 Å². The molecule has 0 bridgehead atoms. The predicted octanol–water partition coefficient (Wildman–Crippen LogP) is 1.17. The second-order valence-corrected chi connectivity index (χ2v) is 5.41. The summed E-state index contributed by atoms with van der Waals surface area (Å²) in [6, 6.07) is -0.704. The average Bonchev–Trinajstić information content (AvgIpc) is 2.99. The molecular weight excluding hydrogens is 234 g/mol. The van der Waals surface area contributed by atoms with E-state index in [9.17, 15) is 9.59 Å². The molecule has 2 unspecified atom stereocenters. The summed E-state index contributed by atoms with van der Waals surface area (Å²) in [4.78, 5) is 22.7. The minimum absolute atomic E-state index is 0.144. The van der Waals surface area contributed by atoms with Crippen LogP contribution in [-0.2, 0) is 14.3 Å². The van der Waals surface area contributed by atoms with Gasteiger partial charge in [-0.25, -0.2) is 4.79 Å². The summed E-state index contributed by atoms with van der Waals surface area (Å²) in [5, 5.41) is 11.7. The maximum absolute atomic E-state index is 11.7. The summed E-state index contributed by atoms with van der Waals surface area (Å²) in [5.74, 6) is -0.105. The van der Waals surface area contributed by atoms with Crippen LogP contribution >= 0.6 is 0 Å². The fourth-order valence-corrected chi connectivity index (χ4v) is 2.32. The Morgan fingerprint density at radius 3 is 2.61 bits per heavy atom. The van der Waals surface area contributed by atoms with E-state index < -0.39 is 12.0 Å². The summed E-state index contributed by atoms with van der Waals surface area (Å²) in [6.45, 7) is 1.52. The second-order valence-electron chi connectivity index (χ2n) is 5.41. The van der Waals surface area contributed by atoms with Crippen molar-refractivity contribution in [2.45, 2.75) is 44.6 Å². The van der Waals surface area contributed by atoms with Gasteiger partial charge >= 0.3 is 5.97 Å². The highest BCUT2D eigenvalue weighted by Crippen LogP contribution is 2.33. The Balaban J connectivity index is 1.68. The Kier molecular flexibility index (Phi) is 4.58. The fourth-order valence-electron chi connectivity index (χ4n) is 2.32. The first-order chi connectivity index (χ1) is 8.65. The predicted molar refractivity (Wildman–Crippen MR) is 65.1 cm³/mol. The minimum Gasteiger partial charge on any atom is -0.480 e. The van der Waals surface area contributed by atoms with Crippen molar-refractivity contribution in [1.29, 1.82) is 0 Å². The lowest BCUT2D eigenvalue weighted by molar-refractivity contribution is -0.142. The summed E-state index contributed by atoms with van der Waals surface area (Å²) in [5.41, 5.74) is 0. The molecule has 18 heavy (non-hydrogen) atoms. The first-order valence-electron chi connectivity index (χ1n) is 6.75. The first kappa shape index (κ1) is 13.3. The second kappa shape index (κ2) is 6.18. The van der Waals surface area contributed by atoms with Gasteiger partial charge in [-0.2, -0.15) is 0 Å². The lowest BCUT2D eigenvalue weighted by atomic mass is 10.0. The molecule has 1 saturated carbocycles. The number of nitrogens with one attached hydrogen (secondary N) is 1. The smallest absolute Gasteiger partial charge is 0.326 e. The molecule has 0 aromatic rings. The molecule has 2 atom stereocenters. The molecule has 2 aliphatic rings. The highest BCUT2D eigenvalue weighted by atomic mass is 16.5. The van der Waals surface area contributed by atoms with E-state index in [-0.39, 0.29) is 5.91 Å². The number of carboxylic acids is 1. The maximum atomic E-state index is 11.7. The topological polar surface area (TPSA) is 75.6 Å². The van der Waals surface area contributed by atoms with E-state index >= 15 is 0 Å². The van der Waals surface area contributed by atoms with Crippen LogP contribution in [0.25, 0.3) is 0 Å². The lowest BCUT2D eigenvalue weighted by Gasteiger charge is -2.14. The van der Waals surface area contributed by atoms with Crippen LogP contribution in [0.15, 0.2) is 0 Å². The van der Waals surface area contributed by atoms with Gasteiger partial charge in [0, 0.05) is 19.6 Å². The molecule has 0 aromatic heterocycles. The average molecular weight is 255 g/mol. The molecule has 1 aliphatic heterocycles. The van der Waals surface area contributed by atoms with Crippen molar-refractivity contribution < 1.29 is 19.4 Å². The number of carbonyl (C=O) groups is 2. The molecule has 0 aromatic carbocycles. The van der Waals surface area contributed by atoms with Crippen LogP contribution in [0.1, 0.15) is 38.5 Å². The summed E-state index contributed by atoms with van der Waals surface area (Å²) in [7, 11) is 0. The van der Waals surface area contributed by atoms with Gasteiger partial charge in [-0.3, -0.25) is 4.79 Å². The van der Waals surface area contributed by atoms with E-state index in [0.717, 1.165) is 38.9 Å². The van der Waals surface area contributed by atoms with Crippen molar-refractivity contribution in [3.8, 4) is 0 Å². The SMILES string of the molecule is O=C(CCC1CCOC1)NC(CC1CC1)C(=O)O. The van der Waals surface area contributed by atoms with Crippen molar-refractivity contribution in [2.24, 2.45) is 11.8 Å². The lowest BCUT2D eigenvalue weighted by Crippen LogP contribution is -2.41. The number of carboxylic acid groups (broad SMARTS) is 1. The van der Waals surface area contributed by atoms with E-state index in [4.69, 9.17) is 9.84 Å². The zero-order valence-electron chi connectivity index (χ0n) is 10.6. The molecule has 0 radical (unpaired) electrons. The Hall–Kier alpha value is -1.10. The largest absolute Gasteiger partial charge is 0.480 e. The molecule has 5 heteroatoms. The summed E-state index contributed by atoms with van der Waals surface area (Å²) >= 11 is 0. The Bertz CT molecular complexity index is 308. The van der Waals surface area contributed by atoms with Crippen LogP contribution in [-0.4, -0.2) is 36.2 Å². The summed E-state index contributed by atoms with van der Waals surface area (Å²) in [6.07, 6.45) is 4.98. The molecule has 1 heterocycles. The fraction of sp³-hybridized carbons (Fsp3) is 0.846. The van der Waals surface area contributed by atoms with Gasteiger partial charge in [-0.15, -0.1) is 0 Å². The minimum atomic E-state index is -0.917. The van der Waals surface area contributed by atoms with Crippen molar-refractivity contribution in [3.05, 3.63) is 0 Å². The molecule has 102 valence electrons. The van der Waals surface area contributed by atoms with Gasteiger partial charge < -0.3 is 15.2 Å². The highest BCUT2D eigenvalue weighted by Gasteiger charge is 2.30. The Labute approximate surface area is 107 Å². The van der Waals surface area contributed by atoms with Crippen LogP contribution in [0, 0.1) is 11.8 Å².